The molecule has 0 rings (SSSR count). The van der Waals surface area contributed by atoms with Crippen molar-refractivity contribution in [2.45, 2.75) is 71.3 Å². The minimum atomic E-state index is -0.979. The van der Waals surface area contributed by atoms with Crippen LogP contribution >= 0.6 is 0 Å². The summed E-state index contributed by atoms with van der Waals surface area (Å²) < 4.78 is 0.452. The van der Waals surface area contributed by atoms with Gasteiger partial charge in [0.15, 0.2) is 0 Å². The van der Waals surface area contributed by atoms with E-state index in [1.807, 2.05) is 14.1 Å². The number of likely N-dealkylation sites (N-methyl/N-ethyl adjacent to an activating group) is 1. The van der Waals surface area contributed by atoms with Crippen LogP contribution in [-0.2, 0) is 4.79 Å². The number of unbranched alkanes of at least 4 members (excludes halogenated alkanes) is 5. The summed E-state index contributed by atoms with van der Waals surface area (Å²) in [5, 5.41) is 14.7. The normalized spacial score (nSPS) is 12.6. The number of carbonyl (C=O) groups excluding carboxylic acids is 1. The lowest BCUT2D eigenvalue weighted by molar-refractivity contribution is -0.930. The van der Waals surface area contributed by atoms with Gasteiger partial charge in [0.05, 0.1) is 20.6 Å². The molecule has 0 fully saturated rings. The third-order valence-electron chi connectivity index (χ3n) is 4.79. The molecule has 0 aliphatic rings. The summed E-state index contributed by atoms with van der Waals surface area (Å²) in [7, 11) is 3.92. The molecule has 0 aromatic heterocycles. The lowest BCUT2D eigenvalue weighted by Crippen LogP contribution is -2.64. The first-order valence-electron chi connectivity index (χ1n) is 8.51. The quantitative estimate of drug-likeness (QED) is 0.418. The molecule has 0 aliphatic heterocycles. The molecule has 0 amide bonds. The Balaban J connectivity index is 3.65. The smallest absolute Gasteiger partial charge is 0.133 e. The minimum Gasteiger partial charge on any atom is -0.544 e. The number of rotatable bonds is 13. The van der Waals surface area contributed by atoms with Crippen molar-refractivity contribution in [1.82, 2.24) is 5.32 Å². The fourth-order valence-electron chi connectivity index (χ4n) is 2.28. The third kappa shape index (κ3) is 7.82. The first kappa shape index (κ1) is 20.4. The van der Waals surface area contributed by atoms with Gasteiger partial charge in [-0.25, -0.2) is 0 Å². The Morgan fingerprint density at radius 1 is 1.00 bits per heavy atom. The van der Waals surface area contributed by atoms with Crippen LogP contribution in [0.2, 0.25) is 0 Å². The van der Waals surface area contributed by atoms with Crippen LogP contribution in [0.4, 0.5) is 0 Å². The Bertz CT molecular complexity index is 289. The van der Waals surface area contributed by atoms with Gasteiger partial charge in [-0.3, -0.25) is 0 Å². The van der Waals surface area contributed by atoms with Gasteiger partial charge in [0.1, 0.15) is 11.5 Å². The summed E-state index contributed by atoms with van der Waals surface area (Å²) >= 11 is 0. The van der Waals surface area contributed by atoms with Crippen molar-refractivity contribution in [1.29, 1.82) is 0 Å². The maximum Gasteiger partial charge on any atom is 0.133 e. The number of quaternary nitrogens is 1. The van der Waals surface area contributed by atoms with E-state index in [1.54, 1.807) is 13.8 Å². The van der Waals surface area contributed by atoms with Crippen LogP contribution in [0.5, 0.6) is 0 Å². The van der Waals surface area contributed by atoms with E-state index in [0.717, 1.165) is 26.1 Å². The highest BCUT2D eigenvalue weighted by Crippen LogP contribution is 2.19. The fraction of sp³-hybridized carbons (Fsp3) is 0.941. The average Bonchev–Trinajstić information content (AvgIpc) is 2.40. The van der Waals surface area contributed by atoms with Gasteiger partial charge in [0.25, 0.3) is 0 Å². The van der Waals surface area contributed by atoms with Gasteiger partial charge >= 0.3 is 0 Å². The summed E-state index contributed by atoms with van der Waals surface area (Å²) in [6.45, 7) is 8.59. The number of carboxylic acid groups (broad SMARTS) is 1. The molecule has 0 unspecified atom stereocenters. The van der Waals surface area contributed by atoms with E-state index in [0.29, 0.717) is 4.48 Å². The first-order valence-corrected chi connectivity index (χ1v) is 8.51. The summed E-state index contributed by atoms with van der Waals surface area (Å²) in [6, 6.07) is 0. The zero-order valence-corrected chi connectivity index (χ0v) is 14.8. The van der Waals surface area contributed by atoms with Gasteiger partial charge in [-0.05, 0) is 26.8 Å². The molecule has 0 atom stereocenters. The maximum absolute atomic E-state index is 11.2. The van der Waals surface area contributed by atoms with Crippen LogP contribution in [0.1, 0.15) is 65.7 Å². The number of nitrogens with one attached hydrogen (secondary N) is 1. The maximum atomic E-state index is 11.2. The van der Waals surface area contributed by atoms with Crippen molar-refractivity contribution in [2.75, 3.05) is 33.7 Å². The van der Waals surface area contributed by atoms with Crippen molar-refractivity contribution in [2.24, 2.45) is 0 Å². The fourth-order valence-corrected chi connectivity index (χ4v) is 2.28. The van der Waals surface area contributed by atoms with Gasteiger partial charge < -0.3 is 19.7 Å². The zero-order valence-electron chi connectivity index (χ0n) is 14.8. The third-order valence-corrected chi connectivity index (χ3v) is 4.79. The summed E-state index contributed by atoms with van der Waals surface area (Å²) in [5.41, 5.74) is -0.848. The lowest BCUT2D eigenvalue weighted by Gasteiger charge is -2.45. The number of hydrogen-bond acceptors (Lipinski definition) is 3. The Morgan fingerprint density at radius 2 is 1.52 bits per heavy atom. The summed E-state index contributed by atoms with van der Waals surface area (Å²) in [4.78, 5) is 11.2. The van der Waals surface area contributed by atoms with Crippen molar-refractivity contribution in [3.05, 3.63) is 0 Å². The molecule has 4 heteroatoms. The standard InChI is InChI=1S/C17H36N2O2/c1-6-7-8-9-10-11-13-18-14-12-15-19(4,5)17(2,3)16(20)21/h18H,6-15H2,1-5H3. The topological polar surface area (TPSA) is 52.2 Å². The highest BCUT2D eigenvalue weighted by atomic mass is 16.4. The van der Waals surface area contributed by atoms with Gasteiger partial charge in [-0.15, -0.1) is 0 Å². The number of carbonyl (C=O) groups is 1. The van der Waals surface area contributed by atoms with Crippen LogP contribution in [0.3, 0.4) is 0 Å². The van der Waals surface area contributed by atoms with Crippen LogP contribution in [0.15, 0.2) is 0 Å². The summed E-state index contributed by atoms with van der Waals surface area (Å²) in [6.07, 6.45) is 8.90. The van der Waals surface area contributed by atoms with E-state index in [1.165, 1.54) is 38.5 Å². The second-order valence-corrected chi connectivity index (χ2v) is 7.13. The van der Waals surface area contributed by atoms with Crippen molar-refractivity contribution in [3.63, 3.8) is 0 Å². The zero-order chi connectivity index (χ0) is 16.4. The molecule has 126 valence electrons. The number of aliphatic carboxylic acids is 1. The first-order chi connectivity index (χ1) is 9.75. The van der Waals surface area contributed by atoms with Crippen LogP contribution in [-0.4, -0.2) is 49.7 Å². The SMILES string of the molecule is CCCCCCCCNCCC[N+](C)(C)C(C)(C)C(=O)[O-]. The van der Waals surface area contributed by atoms with Crippen LogP contribution in [0, 0.1) is 0 Å². The molecule has 0 saturated heterocycles. The van der Waals surface area contributed by atoms with E-state index in [-0.39, 0.29) is 0 Å². The Kier molecular flexibility index (Phi) is 9.88. The van der Waals surface area contributed by atoms with Gasteiger partial charge in [-0.1, -0.05) is 39.0 Å². The van der Waals surface area contributed by atoms with Crippen LogP contribution in [0.25, 0.3) is 0 Å². The van der Waals surface area contributed by atoms with Gasteiger partial charge in [0.2, 0.25) is 0 Å². The number of hydrogen-bond donors (Lipinski definition) is 1. The van der Waals surface area contributed by atoms with Crippen LogP contribution < -0.4 is 10.4 Å². The highest BCUT2D eigenvalue weighted by molar-refractivity contribution is 5.73. The molecule has 0 heterocycles. The average molecular weight is 300 g/mol. The molecule has 1 N–H and O–H groups in total. The molecule has 21 heavy (non-hydrogen) atoms. The molecule has 0 aliphatic carbocycles. The second kappa shape index (κ2) is 10.2. The van der Waals surface area contributed by atoms with Crippen molar-refractivity contribution < 1.29 is 14.4 Å². The Hall–Kier alpha value is -0.610. The molecular formula is C17H36N2O2. The van der Waals surface area contributed by atoms with Crippen molar-refractivity contribution in [3.8, 4) is 0 Å². The largest absolute Gasteiger partial charge is 0.544 e. The van der Waals surface area contributed by atoms with Crippen molar-refractivity contribution >= 4 is 5.97 Å². The number of nitrogens with zero attached hydrogens (tertiary/aromatic N) is 1. The molecule has 4 nitrogen and oxygen atoms in total. The molecular weight excluding hydrogens is 264 g/mol. The molecule has 0 radical (unpaired) electrons. The predicted molar refractivity (Wildman–Crippen MR) is 86.9 cm³/mol. The molecule has 0 aromatic carbocycles. The van der Waals surface area contributed by atoms with E-state index in [2.05, 4.69) is 12.2 Å². The minimum absolute atomic E-state index is 0.452. The van der Waals surface area contributed by atoms with E-state index >= 15 is 0 Å². The van der Waals surface area contributed by atoms with E-state index in [9.17, 15) is 9.90 Å². The Morgan fingerprint density at radius 3 is 2.10 bits per heavy atom. The molecule has 0 bridgehead atoms. The van der Waals surface area contributed by atoms with Gasteiger partial charge in [0, 0.05) is 13.0 Å². The number of carboxylic acids is 1. The predicted octanol–water partition coefficient (Wildman–Crippen LogP) is 1.93. The highest BCUT2D eigenvalue weighted by Gasteiger charge is 2.37. The Labute approximate surface area is 131 Å². The monoisotopic (exact) mass is 300 g/mol. The van der Waals surface area contributed by atoms with Gasteiger partial charge in [-0.2, -0.15) is 0 Å². The summed E-state index contributed by atoms with van der Waals surface area (Å²) in [5.74, 6) is -0.979. The molecule has 0 saturated carbocycles. The van der Waals surface area contributed by atoms with E-state index in [4.69, 9.17) is 0 Å². The lowest BCUT2D eigenvalue weighted by atomic mass is 10.0. The molecule has 0 aromatic rings. The second-order valence-electron chi connectivity index (χ2n) is 7.13. The van der Waals surface area contributed by atoms with E-state index < -0.39 is 11.5 Å². The molecule has 0 spiro atoms.